The van der Waals surface area contributed by atoms with Gasteiger partial charge in [-0.25, -0.2) is 0 Å². The molecule has 2 aromatic carbocycles. The Morgan fingerprint density at radius 1 is 0.583 bits per heavy atom. The van der Waals surface area contributed by atoms with Crippen LogP contribution in [0.4, 0.5) is 0 Å². The molecule has 0 aliphatic heterocycles. The summed E-state index contributed by atoms with van der Waals surface area (Å²) in [5.74, 6) is -6.12. The highest BCUT2D eigenvalue weighted by Crippen LogP contribution is 2.53. The van der Waals surface area contributed by atoms with Crippen LogP contribution in [0.5, 0.6) is 34.5 Å². The summed E-state index contributed by atoms with van der Waals surface area (Å²) in [5.41, 5.74) is 0.436. The largest absolute Gasteiger partial charge is 0.507 e. The van der Waals surface area contributed by atoms with Gasteiger partial charge >= 0.3 is 0 Å². The third-order valence-corrected chi connectivity index (χ3v) is 6.11. The minimum atomic E-state index is -1.17. The van der Waals surface area contributed by atoms with Crippen molar-refractivity contribution in [2.45, 2.75) is 67.2 Å². The number of ketones is 2. The molecular formula is C28H34O8. The normalized spacial score (nSPS) is 10.9. The maximum absolute atomic E-state index is 12.3. The van der Waals surface area contributed by atoms with E-state index in [-0.39, 0.29) is 35.1 Å². The fourth-order valence-electron chi connectivity index (χ4n) is 4.20. The van der Waals surface area contributed by atoms with Gasteiger partial charge in [0, 0.05) is 28.2 Å². The molecule has 36 heavy (non-hydrogen) atoms. The molecule has 6 N–H and O–H groups in total. The number of benzene rings is 2. The SMILES string of the molecule is CC(=O)c1c(O)c(CC=C(C)C)c(O)c(C(C)c2c(O)c(CC=C(C)C)c(O)c(C(C)=O)c2O)c1O. The van der Waals surface area contributed by atoms with E-state index in [1.54, 1.807) is 12.2 Å². The standard InChI is InChI=1S/C28H34O8/c1-12(2)8-10-17-23(31)19(27(35)21(15(6)29)25(17)33)14(5)20-24(32)18(11-9-13(3)4)26(34)22(16(7)30)28(20)36/h8-9,14,31-36H,10-11H2,1-7H3. The van der Waals surface area contributed by atoms with Gasteiger partial charge in [-0.3, -0.25) is 9.59 Å². The van der Waals surface area contributed by atoms with Crippen molar-refractivity contribution >= 4 is 11.6 Å². The van der Waals surface area contributed by atoms with Gasteiger partial charge in [0.25, 0.3) is 0 Å². The van der Waals surface area contributed by atoms with E-state index in [9.17, 15) is 40.2 Å². The third kappa shape index (κ3) is 5.17. The number of hydrogen-bond acceptors (Lipinski definition) is 8. The molecule has 0 aliphatic carbocycles. The Bertz CT molecular complexity index is 1190. The zero-order chi connectivity index (χ0) is 27.6. The molecule has 2 aromatic rings. The van der Waals surface area contributed by atoms with E-state index in [1.165, 1.54) is 6.92 Å². The lowest BCUT2D eigenvalue weighted by Gasteiger charge is -2.24. The van der Waals surface area contributed by atoms with Crippen molar-refractivity contribution in [3.05, 3.63) is 56.7 Å². The van der Waals surface area contributed by atoms with E-state index >= 15 is 0 Å². The Balaban J connectivity index is 3.01. The summed E-state index contributed by atoms with van der Waals surface area (Å²) in [4.78, 5) is 24.7. The van der Waals surface area contributed by atoms with Crippen molar-refractivity contribution in [3.63, 3.8) is 0 Å². The van der Waals surface area contributed by atoms with Gasteiger partial charge in [-0.05, 0) is 54.4 Å². The van der Waals surface area contributed by atoms with Gasteiger partial charge in [-0.1, -0.05) is 30.2 Å². The van der Waals surface area contributed by atoms with Crippen molar-refractivity contribution in [1.82, 2.24) is 0 Å². The number of phenols is 6. The molecule has 8 nitrogen and oxygen atoms in total. The van der Waals surface area contributed by atoms with E-state index in [1.807, 2.05) is 27.7 Å². The Labute approximate surface area is 210 Å². The number of hydrogen-bond donors (Lipinski definition) is 6. The minimum absolute atomic E-state index is 0.0182. The molecule has 8 heteroatoms. The van der Waals surface area contributed by atoms with Crippen LogP contribution in [0.3, 0.4) is 0 Å². The predicted octanol–water partition coefficient (Wildman–Crippen LogP) is 5.49. The molecule has 0 atom stereocenters. The number of carbonyl (C=O) groups is 2. The van der Waals surface area contributed by atoms with Crippen LogP contribution in [-0.2, 0) is 12.8 Å². The zero-order valence-corrected chi connectivity index (χ0v) is 21.6. The molecular weight excluding hydrogens is 464 g/mol. The average molecular weight is 499 g/mol. The van der Waals surface area contributed by atoms with Gasteiger partial charge in [-0.15, -0.1) is 0 Å². The number of rotatable bonds is 8. The second kappa shape index (κ2) is 10.8. The second-order valence-electron chi connectivity index (χ2n) is 9.43. The highest BCUT2D eigenvalue weighted by atomic mass is 16.3. The van der Waals surface area contributed by atoms with Gasteiger partial charge < -0.3 is 30.6 Å². The van der Waals surface area contributed by atoms with Crippen molar-refractivity contribution in [2.75, 3.05) is 0 Å². The Morgan fingerprint density at radius 3 is 1.14 bits per heavy atom. The van der Waals surface area contributed by atoms with E-state index < -0.39 is 63.1 Å². The number of carbonyl (C=O) groups excluding carboxylic acids is 2. The zero-order valence-electron chi connectivity index (χ0n) is 21.6. The predicted molar refractivity (Wildman–Crippen MR) is 137 cm³/mol. The smallest absolute Gasteiger partial charge is 0.167 e. The lowest BCUT2D eigenvalue weighted by molar-refractivity contribution is 0.0998. The van der Waals surface area contributed by atoms with Crippen molar-refractivity contribution < 1.29 is 40.2 Å². The summed E-state index contributed by atoms with van der Waals surface area (Å²) >= 11 is 0. The topological polar surface area (TPSA) is 156 Å². The molecule has 0 aromatic heterocycles. The molecule has 0 saturated carbocycles. The summed E-state index contributed by atoms with van der Waals surface area (Å²) < 4.78 is 0. The van der Waals surface area contributed by atoms with E-state index in [0.717, 1.165) is 25.0 Å². The van der Waals surface area contributed by atoms with Crippen LogP contribution >= 0.6 is 0 Å². The lowest BCUT2D eigenvalue weighted by atomic mass is 9.83. The molecule has 0 bridgehead atoms. The van der Waals surface area contributed by atoms with Crippen LogP contribution in [-0.4, -0.2) is 42.2 Å². The summed E-state index contributed by atoms with van der Waals surface area (Å²) in [6.07, 6.45) is 3.51. The molecule has 0 radical (unpaired) electrons. The summed E-state index contributed by atoms with van der Waals surface area (Å²) in [7, 11) is 0. The van der Waals surface area contributed by atoms with Gasteiger partial charge in [0.15, 0.2) is 11.6 Å². The van der Waals surface area contributed by atoms with Crippen molar-refractivity contribution in [3.8, 4) is 34.5 Å². The molecule has 2 rings (SSSR count). The second-order valence-corrected chi connectivity index (χ2v) is 9.43. The molecule has 0 aliphatic rings. The minimum Gasteiger partial charge on any atom is -0.507 e. The number of aromatic hydroxyl groups is 6. The molecule has 0 heterocycles. The van der Waals surface area contributed by atoms with Crippen LogP contribution in [0.2, 0.25) is 0 Å². The van der Waals surface area contributed by atoms with Crippen molar-refractivity contribution in [1.29, 1.82) is 0 Å². The number of phenolic OH excluding ortho intramolecular Hbond substituents is 6. The summed E-state index contributed by atoms with van der Waals surface area (Å²) in [6, 6.07) is 0. The first-order valence-corrected chi connectivity index (χ1v) is 11.5. The maximum Gasteiger partial charge on any atom is 0.167 e. The molecule has 0 spiro atoms. The van der Waals surface area contributed by atoms with Crippen LogP contribution in [0.1, 0.15) is 97.4 Å². The Morgan fingerprint density at radius 2 is 0.889 bits per heavy atom. The molecule has 0 saturated heterocycles. The van der Waals surface area contributed by atoms with Crippen LogP contribution < -0.4 is 0 Å². The monoisotopic (exact) mass is 498 g/mol. The summed E-state index contributed by atoms with van der Waals surface area (Å²) in [6.45, 7) is 11.0. The third-order valence-electron chi connectivity index (χ3n) is 6.11. The maximum atomic E-state index is 12.3. The molecule has 0 amide bonds. The van der Waals surface area contributed by atoms with Gasteiger partial charge in [-0.2, -0.15) is 0 Å². The van der Waals surface area contributed by atoms with Gasteiger partial charge in [0.05, 0.1) is 0 Å². The van der Waals surface area contributed by atoms with Crippen LogP contribution in [0, 0.1) is 0 Å². The average Bonchev–Trinajstić information content (AvgIpc) is 2.72. The Kier molecular flexibility index (Phi) is 8.46. The van der Waals surface area contributed by atoms with Crippen molar-refractivity contribution in [2.24, 2.45) is 0 Å². The summed E-state index contributed by atoms with van der Waals surface area (Å²) in [5, 5.41) is 65.5. The fourth-order valence-corrected chi connectivity index (χ4v) is 4.20. The highest BCUT2D eigenvalue weighted by molar-refractivity contribution is 6.02. The van der Waals surface area contributed by atoms with E-state index in [0.29, 0.717) is 0 Å². The number of Topliss-reactive ketones (excluding diaryl/α,β-unsaturated/α-hetero) is 2. The van der Waals surface area contributed by atoms with E-state index in [4.69, 9.17) is 0 Å². The quantitative estimate of drug-likeness (QED) is 0.206. The molecule has 0 fully saturated rings. The molecule has 0 unspecified atom stereocenters. The van der Waals surface area contributed by atoms with Gasteiger partial charge in [0.1, 0.15) is 45.6 Å². The Hall–Kier alpha value is -3.94. The lowest BCUT2D eigenvalue weighted by Crippen LogP contribution is -2.08. The highest BCUT2D eigenvalue weighted by Gasteiger charge is 2.34. The number of allylic oxidation sites excluding steroid dienone is 4. The first kappa shape index (κ1) is 28.3. The van der Waals surface area contributed by atoms with Gasteiger partial charge in [0.2, 0.25) is 0 Å². The molecule has 194 valence electrons. The van der Waals surface area contributed by atoms with Crippen LogP contribution in [0.15, 0.2) is 23.3 Å². The first-order chi connectivity index (χ1) is 16.6. The van der Waals surface area contributed by atoms with Crippen LogP contribution in [0.25, 0.3) is 0 Å². The fraction of sp³-hybridized carbons (Fsp3) is 0.357. The first-order valence-electron chi connectivity index (χ1n) is 11.5. The van der Waals surface area contributed by atoms with E-state index in [2.05, 4.69) is 0 Å².